The van der Waals surface area contributed by atoms with Gasteiger partial charge in [-0.1, -0.05) is 64.8 Å². The first-order valence-corrected chi connectivity index (χ1v) is 17.7. The van der Waals surface area contributed by atoms with Crippen molar-refractivity contribution in [1.82, 2.24) is 41.9 Å². The number of amides is 6. The highest BCUT2D eigenvalue weighted by atomic mass is 79.9. The summed E-state index contributed by atoms with van der Waals surface area (Å²) in [5.41, 5.74) is 1.30. The molecule has 0 radical (unpaired) electrons. The zero-order valence-electron chi connectivity index (χ0n) is 28.8. The predicted octanol–water partition coefficient (Wildman–Crippen LogP) is 5.00. The Bertz CT molecular complexity index is 1500. The molecule has 0 fully saturated rings. The Balaban J connectivity index is 0.000000348. The molecule has 2 aromatic carbocycles. The van der Waals surface area contributed by atoms with Gasteiger partial charge in [-0.25, -0.2) is 9.59 Å². The Morgan fingerprint density at radius 1 is 0.700 bits per heavy atom. The highest BCUT2D eigenvalue weighted by molar-refractivity contribution is 9.10. The molecule has 17 heteroatoms. The lowest BCUT2D eigenvalue weighted by molar-refractivity contribution is -0.125. The van der Waals surface area contributed by atoms with Gasteiger partial charge in [-0.05, 0) is 80.1 Å². The van der Waals surface area contributed by atoms with Gasteiger partial charge in [0.2, 0.25) is 11.8 Å². The summed E-state index contributed by atoms with van der Waals surface area (Å²) in [5.74, 6) is 0.136. The van der Waals surface area contributed by atoms with Gasteiger partial charge in [-0.3, -0.25) is 14.4 Å². The highest BCUT2D eigenvalue weighted by Gasteiger charge is 2.21. The van der Waals surface area contributed by atoms with Crippen LogP contribution in [0.4, 0.5) is 21.0 Å². The first kappa shape index (κ1) is 41.8. The van der Waals surface area contributed by atoms with E-state index >= 15 is 0 Å². The standard InChI is InChI=1S/C17H24BrN3O3.C16H22BrN7O2/c1-11(2)8-13(12(3)22)9-19-16(23)10-20-17(24)21-15-6-4-14(18)5-7-15;1-10(2)7-11(15(25)18-9-14-21-23-24-22-14)8-19-16(26)20-13-5-3-12(17)4-6-13/h4-7,11,13H,8-10H2,1-3H3,(H,19,23)(H2,20,21,24);3-6,10-11H,7-9H2,1-2H3,(H,18,25)(H2,19,20,26)(H,21,22,23,24). The Morgan fingerprint density at radius 2 is 1.20 bits per heavy atom. The van der Waals surface area contributed by atoms with Crippen molar-refractivity contribution in [3.63, 3.8) is 0 Å². The molecule has 7 N–H and O–H groups in total. The second kappa shape index (κ2) is 22.4. The minimum absolute atomic E-state index is 0.0601. The van der Waals surface area contributed by atoms with Crippen LogP contribution in [0.5, 0.6) is 0 Å². The Kier molecular flexibility index (Phi) is 18.7. The van der Waals surface area contributed by atoms with Crippen LogP contribution < -0.4 is 31.9 Å². The van der Waals surface area contributed by atoms with E-state index in [2.05, 4.69) is 84.4 Å². The number of nitrogens with zero attached hydrogens (tertiary/aromatic N) is 3. The number of carbonyl (C=O) groups excluding carboxylic acids is 5. The number of Topliss-reactive ketones (excluding diaryl/α,β-unsaturated/α-hetero) is 1. The number of nitrogens with one attached hydrogen (secondary N) is 7. The van der Waals surface area contributed by atoms with Crippen molar-refractivity contribution < 1.29 is 24.0 Å². The van der Waals surface area contributed by atoms with E-state index in [4.69, 9.17) is 0 Å². The second-order valence-corrected chi connectivity index (χ2v) is 14.1. The molecule has 1 heterocycles. The molecule has 0 aliphatic heterocycles. The van der Waals surface area contributed by atoms with E-state index in [0.29, 0.717) is 42.0 Å². The minimum atomic E-state index is -0.460. The summed E-state index contributed by atoms with van der Waals surface area (Å²) in [6.45, 7) is 10.2. The lowest BCUT2D eigenvalue weighted by Crippen LogP contribution is -2.41. The van der Waals surface area contributed by atoms with Crippen molar-refractivity contribution >= 4 is 72.9 Å². The molecule has 15 nitrogen and oxygen atoms in total. The number of tetrazole rings is 1. The third-order valence-electron chi connectivity index (χ3n) is 6.94. The molecule has 6 amide bonds. The van der Waals surface area contributed by atoms with Crippen LogP contribution in [-0.2, 0) is 20.9 Å². The van der Waals surface area contributed by atoms with Crippen molar-refractivity contribution in [3.8, 4) is 0 Å². The zero-order valence-corrected chi connectivity index (χ0v) is 32.0. The molecule has 3 rings (SSSR count). The van der Waals surface area contributed by atoms with E-state index in [0.717, 1.165) is 15.4 Å². The molecular formula is C33H46Br2N10O5. The summed E-state index contributed by atoms with van der Waals surface area (Å²) in [4.78, 5) is 59.5. The summed E-state index contributed by atoms with van der Waals surface area (Å²) < 4.78 is 1.84. The van der Waals surface area contributed by atoms with Crippen molar-refractivity contribution in [2.45, 2.75) is 54.0 Å². The van der Waals surface area contributed by atoms with Crippen LogP contribution in [0.1, 0.15) is 53.3 Å². The lowest BCUT2D eigenvalue weighted by Gasteiger charge is -2.19. The van der Waals surface area contributed by atoms with Gasteiger partial charge < -0.3 is 31.9 Å². The maximum Gasteiger partial charge on any atom is 0.319 e. The van der Waals surface area contributed by atoms with Crippen LogP contribution in [-0.4, -0.2) is 69.9 Å². The maximum atomic E-state index is 12.4. The summed E-state index contributed by atoms with van der Waals surface area (Å²) in [6.07, 6.45) is 1.38. The number of urea groups is 2. The number of rotatable bonds is 16. The average Bonchev–Trinajstić information content (AvgIpc) is 3.59. The summed E-state index contributed by atoms with van der Waals surface area (Å²) in [6, 6.07) is 13.5. The van der Waals surface area contributed by atoms with E-state index in [1.165, 1.54) is 6.92 Å². The van der Waals surface area contributed by atoms with Gasteiger partial charge in [-0.15, -0.1) is 10.2 Å². The number of aromatic amines is 1. The van der Waals surface area contributed by atoms with Gasteiger partial charge in [0.15, 0.2) is 5.82 Å². The van der Waals surface area contributed by atoms with Crippen LogP contribution in [0.25, 0.3) is 0 Å². The average molecular weight is 823 g/mol. The van der Waals surface area contributed by atoms with E-state index < -0.39 is 6.03 Å². The molecule has 2 atom stereocenters. The predicted molar refractivity (Wildman–Crippen MR) is 198 cm³/mol. The number of aromatic nitrogens is 4. The fraction of sp³-hybridized carbons (Fsp3) is 0.455. The molecule has 50 heavy (non-hydrogen) atoms. The third-order valence-corrected chi connectivity index (χ3v) is 7.99. The molecule has 1 aromatic heterocycles. The quantitative estimate of drug-likeness (QED) is 0.104. The number of halogens is 2. The van der Waals surface area contributed by atoms with Crippen LogP contribution in [0.15, 0.2) is 57.5 Å². The van der Waals surface area contributed by atoms with Gasteiger partial charge in [0, 0.05) is 39.3 Å². The molecule has 0 spiro atoms. The normalized spacial score (nSPS) is 11.8. The zero-order chi connectivity index (χ0) is 37.1. The SMILES string of the molecule is CC(=O)C(CNC(=O)CNC(=O)Nc1ccc(Br)cc1)CC(C)C.CC(C)CC(CNC(=O)Nc1ccc(Br)cc1)C(=O)NCc1nn[nH]n1. The van der Waals surface area contributed by atoms with Gasteiger partial charge in [0.1, 0.15) is 5.78 Å². The van der Waals surface area contributed by atoms with E-state index in [-0.39, 0.29) is 55.1 Å². The molecule has 272 valence electrons. The monoisotopic (exact) mass is 820 g/mol. The minimum Gasteiger partial charge on any atom is -0.354 e. The smallest absolute Gasteiger partial charge is 0.319 e. The largest absolute Gasteiger partial charge is 0.354 e. The van der Waals surface area contributed by atoms with Gasteiger partial charge in [0.05, 0.1) is 19.0 Å². The van der Waals surface area contributed by atoms with Gasteiger partial charge in [-0.2, -0.15) is 5.21 Å². The van der Waals surface area contributed by atoms with E-state index in [1.807, 2.05) is 39.8 Å². The van der Waals surface area contributed by atoms with Crippen LogP contribution in [0.2, 0.25) is 0 Å². The first-order chi connectivity index (χ1) is 23.7. The van der Waals surface area contributed by atoms with E-state index in [1.54, 1.807) is 36.4 Å². The number of benzene rings is 2. The maximum absolute atomic E-state index is 12.4. The molecule has 3 aromatic rings. The Morgan fingerprint density at radius 3 is 1.68 bits per heavy atom. The van der Waals surface area contributed by atoms with Crippen molar-refractivity contribution in [3.05, 3.63) is 63.3 Å². The molecule has 0 saturated heterocycles. The fourth-order valence-corrected chi connectivity index (χ4v) is 5.00. The number of anilines is 2. The molecule has 0 aliphatic rings. The van der Waals surface area contributed by atoms with Crippen LogP contribution in [0.3, 0.4) is 0 Å². The fourth-order valence-electron chi connectivity index (χ4n) is 4.48. The van der Waals surface area contributed by atoms with Crippen molar-refractivity contribution in [2.24, 2.45) is 23.7 Å². The van der Waals surface area contributed by atoms with Crippen LogP contribution in [0, 0.1) is 23.7 Å². The number of carbonyl (C=O) groups is 5. The molecule has 0 saturated carbocycles. The number of hydrogen-bond acceptors (Lipinski definition) is 8. The van der Waals surface area contributed by atoms with Crippen molar-refractivity contribution in [1.29, 1.82) is 0 Å². The molecular weight excluding hydrogens is 776 g/mol. The lowest BCUT2D eigenvalue weighted by atomic mass is 9.94. The van der Waals surface area contributed by atoms with Gasteiger partial charge >= 0.3 is 12.1 Å². The third kappa shape index (κ3) is 17.9. The summed E-state index contributed by atoms with van der Waals surface area (Å²) in [5, 5.41) is 29.4. The summed E-state index contributed by atoms with van der Waals surface area (Å²) >= 11 is 6.65. The number of ketones is 1. The number of H-pyrrole nitrogens is 1. The molecule has 0 aliphatic carbocycles. The Labute approximate surface area is 308 Å². The molecule has 2 unspecified atom stereocenters. The highest BCUT2D eigenvalue weighted by Crippen LogP contribution is 2.16. The topological polar surface area (TPSA) is 212 Å². The summed E-state index contributed by atoms with van der Waals surface area (Å²) in [7, 11) is 0. The van der Waals surface area contributed by atoms with E-state index in [9.17, 15) is 24.0 Å². The Hall–Kier alpha value is -4.38. The van der Waals surface area contributed by atoms with Crippen LogP contribution >= 0.6 is 31.9 Å². The molecule has 0 bridgehead atoms. The van der Waals surface area contributed by atoms with Crippen molar-refractivity contribution in [2.75, 3.05) is 30.3 Å². The first-order valence-electron chi connectivity index (χ1n) is 16.1. The second-order valence-electron chi connectivity index (χ2n) is 12.3. The van der Waals surface area contributed by atoms with Gasteiger partial charge in [0.25, 0.3) is 0 Å². The number of hydrogen-bond donors (Lipinski definition) is 7.